The third-order valence-electron chi connectivity index (χ3n) is 6.36. The number of thioether (sulfide) groups is 1. The van der Waals surface area contributed by atoms with E-state index in [4.69, 9.17) is 4.74 Å². The third-order valence-corrected chi connectivity index (χ3v) is 8.59. The summed E-state index contributed by atoms with van der Waals surface area (Å²) in [5, 5.41) is 2.43. The van der Waals surface area contributed by atoms with Gasteiger partial charge in [0, 0.05) is 30.0 Å². The highest BCUT2D eigenvalue weighted by Crippen LogP contribution is 2.46. The molecule has 0 bridgehead atoms. The van der Waals surface area contributed by atoms with E-state index in [-0.39, 0.29) is 5.97 Å². The molecule has 0 unspecified atom stereocenters. The van der Waals surface area contributed by atoms with Crippen LogP contribution < -0.4 is 9.47 Å². The maximum atomic E-state index is 12.1. The second-order valence-corrected chi connectivity index (χ2v) is 11.1. The first-order chi connectivity index (χ1) is 18.1. The van der Waals surface area contributed by atoms with Gasteiger partial charge >= 0.3 is 5.97 Å². The minimum atomic E-state index is -0.323. The average molecular weight is 528 g/mol. The van der Waals surface area contributed by atoms with Crippen molar-refractivity contribution in [3.8, 4) is 0 Å². The van der Waals surface area contributed by atoms with E-state index in [1.807, 2.05) is 47.4 Å². The molecule has 5 rings (SSSR count). The molecule has 0 atom stereocenters. The summed E-state index contributed by atoms with van der Waals surface area (Å²) in [6.45, 7) is 6.36. The molecule has 0 saturated carbocycles. The average Bonchev–Trinajstić information content (AvgIpc) is 3.46. The lowest BCUT2D eigenvalue weighted by molar-refractivity contribution is -0.668. The second kappa shape index (κ2) is 11.4. The number of hydrogen-bond acceptors (Lipinski definition) is 5. The molecule has 6 heteroatoms. The lowest BCUT2D eigenvalue weighted by Crippen LogP contribution is -2.34. The number of thiazole rings is 1. The van der Waals surface area contributed by atoms with Crippen LogP contribution in [0.2, 0.25) is 0 Å². The van der Waals surface area contributed by atoms with Gasteiger partial charge in [-0.05, 0) is 54.0 Å². The number of hydrogen-bond donors (Lipinski definition) is 0. The van der Waals surface area contributed by atoms with Crippen LogP contribution in [0.5, 0.6) is 0 Å². The fraction of sp³-hybridized carbons (Fsp3) is 0.226. The van der Waals surface area contributed by atoms with Gasteiger partial charge < -0.3 is 9.64 Å². The number of methoxy groups -OCH3 is 1. The van der Waals surface area contributed by atoms with Crippen LogP contribution in [0, 0.1) is 0 Å². The van der Waals surface area contributed by atoms with E-state index in [9.17, 15) is 4.79 Å². The van der Waals surface area contributed by atoms with Crippen LogP contribution in [-0.4, -0.2) is 19.6 Å². The van der Waals surface area contributed by atoms with E-state index < -0.39 is 0 Å². The number of allylic oxidation sites excluding steroid dienone is 2. The Morgan fingerprint density at radius 1 is 0.946 bits per heavy atom. The molecule has 4 aromatic rings. The maximum Gasteiger partial charge on any atom is 0.337 e. The molecule has 0 N–H and O–H groups in total. The molecule has 0 radical (unpaired) electrons. The van der Waals surface area contributed by atoms with Crippen LogP contribution in [-0.2, 0) is 11.3 Å². The highest BCUT2D eigenvalue weighted by atomic mass is 32.2. The number of fused-ring (bicyclic) bond motifs is 2. The monoisotopic (exact) mass is 527 g/mol. The summed E-state index contributed by atoms with van der Waals surface area (Å²) in [6, 6.07) is 24.9. The molecule has 0 saturated heterocycles. The molecular weight excluding hydrogens is 496 g/mol. The Bertz CT molecular complexity index is 1480. The van der Waals surface area contributed by atoms with Gasteiger partial charge in [0.05, 0.1) is 23.4 Å². The number of rotatable bonds is 8. The summed E-state index contributed by atoms with van der Waals surface area (Å²) < 4.78 is 8.62. The normalized spacial score (nSPS) is 14.4. The van der Waals surface area contributed by atoms with Crippen molar-refractivity contribution in [2.45, 2.75) is 38.1 Å². The quantitative estimate of drug-likeness (QED) is 0.173. The molecule has 37 heavy (non-hydrogen) atoms. The highest BCUT2D eigenvalue weighted by Gasteiger charge is 2.25. The number of carbonyl (C=O) groups is 1. The first-order valence-corrected chi connectivity index (χ1v) is 14.3. The van der Waals surface area contributed by atoms with Gasteiger partial charge in [0.2, 0.25) is 5.52 Å². The summed E-state index contributed by atoms with van der Waals surface area (Å²) in [6.07, 6.45) is 6.72. The fourth-order valence-corrected chi connectivity index (χ4v) is 6.90. The smallest absolute Gasteiger partial charge is 0.337 e. The lowest BCUT2D eigenvalue weighted by atomic mass is 10.0. The molecule has 0 amide bonds. The van der Waals surface area contributed by atoms with Gasteiger partial charge in [-0.25, -0.2) is 4.79 Å². The van der Waals surface area contributed by atoms with Gasteiger partial charge in [0.25, 0.3) is 5.01 Å². The molecule has 1 aliphatic heterocycles. The molecule has 3 aromatic carbocycles. The number of aromatic nitrogens is 1. The molecule has 4 nitrogen and oxygen atoms in total. The predicted molar refractivity (Wildman–Crippen MR) is 156 cm³/mol. The van der Waals surface area contributed by atoms with Crippen LogP contribution >= 0.6 is 23.1 Å². The van der Waals surface area contributed by atoms with Gasteiger partial charge in [0.15, 0.2) is 0 Å². The summed E-state index contributed by atoms with van der Waals surface area (Å²) >= 11 is 3.64. The van der Waals surface area contributed by atoms with Crippen molar-refractivity contribution in [2.24, 2.45) is 0 Å². The Hall–Kier alpha value is -3.35. The Labute approximate surface area is 226 Å². The van der Waals surface area contributed by atoms with Crippen molar-refractivity contribution in [2.75, 3.05) is 18.6 Å². The van der Waals surface area contributed by atoms with Crippen molar-refractivity contribution < 1.29 is 14.1 Å². The van der Waals surface area contributed by atoms with Gasteiger partial charge in [-0.3, -0.25) is 0 Å². The third kappa shape index (κ3) is 5.22. The number of para-hydroxylation sites is 2. The summed E-state index contributed by atoms with van der Waals surface area (Å²) in [4.78, 5) is 15.8. The van der Waals surface area contributed by atoms with E-state index in [1.165, 1.54) is 37.9 Å². The van der Waals surface area contributed by atoms with Crippen LogP contribution in [0.3, 0.4) is 0 Å². The molecule has 0 fully saturated rings. The van der Waals surface area contributed by atoms with E-state index >= 15 is 0 Å². The van der Waals surface area contributed by atoms with E-state index in [1.54, 1.807) is 0 Å². The van der Waals surface area contributed by atoms with Crippen LogP contribution in [0.1, 0.15) is 47.6 Å². The number of aryl methyl sites for hydroxylation is 1. The number of nitrogens with zero attached hydrogens (tertiary/aromatic N) is 2. The van der Waals surface area contributed by atoms with Crippen molar-refractivity contribution in [1.82, 2.24) is 0 Å². The van der Waals surface area contributed by atoms with Gasteiger partial charge in [-0.1, -0.05) is 73.3 Å². The molecule has 2 heterocycles. The van der Waals surface area contributed by atoms with Gasteiger partial charge in [-0.15, -0.1) is 0 Å². The maximum absolute atomic E-state index is 12.1. The number of esters is 1. The zero-order valence-corrected chi connectivity index (χ0v) is 23.1. The standard InChI is InChI=1S/C31H31N2O2S2/c1-4-18-32-25-10-6-8-12-27(25)36-29(32)20-24(22-14-16-23(17-15-22)31(34)35-3)21-30-33(19-5-2)26-11-7-9-13-28(26)37-30/h6-17,20-21H,4-5,18-19H2,1-3H3/q+1. The van der Waals surface area contributed by atoms with Crippen LogP contribution in [0.15, 0.2) is 88.8 Å². The summed E-state index contributed by atoms with van der Waals surface area (Å²) in [7, 11) is 1.41. The van der Waals surface area contributed by atoms with Crippen LogP contribution in [0.4, 0.5) is 5.69 Å². The number of benzene rings is 3. The fourth-order valence-electron chi connectivity index (χ4n) is 4.62. The second-order valence-electron chi connectivity index (χ2n) is 8.93. The molecular formula is C31H31N2O2S2+. The Balaban J connectivity index is 1.65. The molecule has 1 aromatic heterocycles. The molecule has 0 spiro atoms. The summed E-state index contributed by atoms with van der Waals surface area (Å²) in [5.74, 6) is -0.323. The van der Waals surface area contributed by atoms with Crippen molar-refractivity contribution >= 4 is 56.6 Å². The van der Waals surface area contributed by atoms with Crippen molar-refractivity contribution in [1.29, 1.82) is 0 Å². The van der Waals surface area contributed by atoms with Gasteiger partial charge in [-0.2, -0.15) is 4.57 Å². The van der Waals surface area contributed by atoms with Crippen LogP contribution in [0.25, 0.3) is 21.9 Å². The lowest BCUT2D eigenvalue weighted by Gasteiger charge is -2.20. The Kier molecular flexibility index (Phi) is 7.77. The van der Waals surface area contributed by atoms with Gasteiger partial charge in [0.1, 0.15) is 11.2 Å². The largest absolute Gasteiger partial charge is 0.465 e. The highest BCUT2D eigenvalue weighted by molar-refractivity contribution is 8.03. The Morgan fingerprint density at radius 3 is 2.43 bits per heavy atom. The zero-order valence-electron chi connectivity index (χ0n) is 21.4. The van der Waals surface area contributed by atoms with Crippen molar-refractivity contribution in [3.63, 3.8) is 0 Å². The molecule has 0 aliphatic carbocycles. The van der Waals surface area contributed by atoms with E-state index in [0.717, 1.165) is 37.1 Å². The Morgan fingerprint density at radius 2 is 1.68 bits per heavy atom. The zero-order chi connectivity index (χ0) is 25.8. The van der Waals surface area contributed by atoms with E-state index in [2.05, 4.69) is 84.0 Å². The topological polar surface area (TPSA) is 33.4 Å². The van der Waals surface area contributed by atoms with Crippen molar-refractivity contribution in [3.05, 3.63) is 100 Å². The van der Waals surface area contributed by atoms with E-state index in [0.29, 0.717) is 5.56 Å². The first-order valence-electron chi connectivity index (χ1n) is 12.7. The first kappa shape index (κ1) is 25.3. The minimum absolute atomic E-state index is 0.323. The number of anilines is 1. The minimum Gasteiger partial charge on any atom is -0.465 e. The summed E-state index contributed by atoms with van der Waals surface area (Å²) in [5.41, 5.74) is 5.27. The predicted octanol–water partition coefficient (Wildman–Crippen LogP) is 7.79. The molecule has 188 valence electrons. The SMILES string of the molecule is CCCN1/C(=C\C(=C\c2sc3ccccc3[n+]2CCC)c2ccc(C(=O)OC)cc2)Sc2ccccc21. The molecule has 1 aliphatic rings. The number of carbonyl (C=O) groups excluding carboxylic acids is 1. The number of ether oxygens (including phenoxy) is 1.